The van der Waals surface area contributed by atoms with E-state index in [0.29, 0.717) is 23.7 Å². The lowest BCUT2D eigenvalue weighted by Gasteiger charge is -2.41. The molecule has 0 saturated heterocycles. The Balaban J connectivity index is 1.69. The van der Waals surface area contributed by atoms with Crippen LogP contribution in [0.2, 0.25) is 0 Å². The Morgan fingerprint density at radius 2 is 1.33 bits per heavy atom. The third-order valence-corrected chi connectivity index (χ3v) is 6.15. The third kappa shape index (κ3) is 0.877. The van der Waals surface area contributed by atoms with Crippen molar-refractivity contribution in [3.63, 3.8) is 0 Å². The second-order valence-corrected chi connectivity index (χ2v) is 6.70. The van der Waals surface area contributed by atoms with Gasteiger partial charge in [0.25, 0.3) is 0 Å². The molecule has 0 heterocycles. The SMILES string of the molecule is O=C1CC(=O)[C@H]2[C@H]1[C@H]1C[C@H]2C2=C1[C@@H]1C=C[C@@H]2CC1. The van der Waals surface area contributed by atoms with E-state index in [9.17, 15) is 9.59 Å². The first kappa shape index (κ1) is 9.71. The Bertz CT molecular complexity index is 507. The molecule has 2 heteroatoms. The highest BCUT2D eigenvalue weighted by molar-refractivity contribution is 6.10. The predicted molar refractivity (Wildman–Crippen MR) is 65.6 cm³/mol. The molecule has 0 aliphatic heterocycles. The largest absolute Gasteiger partial charge is 0.299 e. The molecule has 0 unspecified atom stereocenters. The van der Waals surface area contributed by atoms with E-state index in [1.54, 1.807) is 11.1 Å². The maximum absolute atomic E-state index is 12.1. The first-order chi connectivity index (χ1) is 8.75. The van der Waals surface area contributed by atoms with Crippen LogP contribution in [0.25, 0.3) is 0 Å². The van der Waals surface area contributed by atoms with Gasteiger partial charge >= 0.3 is 0 Å². The molecule has 0 aromatic rings. The van der Waals surface area contributed by atoms with Crippen LogP contribution in [0, 0.1) is 35.5 Å². The molecule has 0 amide bonds. The molecule has 6 aliphatic carbocycles. The minimum atomic E-state index is 0.0778. The summed E-state index contributed by atoms with van der Waals surface area (Å²) in [5.41, 5.74) is 3.20. The van der Waals surface area contributed by atoms with Gasteiger partial charge in [-0.3, -0.25) is 9.59 Å². The van der Waals surface area contributed by atoms with Gasteiger partial charge in [0.1, 0.15) is 11.6 Å². The van der Waals surface area contributed by atoms with Crippen molar-refractivity contribution in [1.29, 1.82) is 0 Å². The van der Waals surface area contributed by atoms with Crippen molar-refractivity contribution in [2.45, 2.75) is 25.7 Å². The van der Waals surface area contributed by atoms with E-state index < -0.39 is 0 Å². The van der Waals surface area contributed by atoms with Crippen LogP contribution in [0.15, 0.2) is 23.3 Å². The van der Waals surface area contributed by atoms with E-state index in [1.165, 1.54) is 12.8 Å². The molecule has 6 atom stereocenters. The van der Waals surface area contributed by atoms with E-state index >= 15 is 0 Å². The van der Waals surface area contributed by atoms with E-state index in [1.807, 2.05) is 0 Å². The predicted octanol–water partition coefficient (Wildman–Crippen LogP) is 2.30. The number of hydrogen-bond acceptors (Lipinski definition) is 2. The zero-order valence-electron chi connectivity index (χ0n) is 10.3. The van der Waals surface area contributed by atoms with Gasteiger partial charge < -0.3 is 0 Å². The highest BCUT2D eigenvalue weighted by atomic mass is 16.2. The fourth-order valence-electron chi connectivity index (χ4n) is 5.71. The van der Waals surface area contributed by atoms with Crippen LogP contribution in [0.4, 0.5) is 0 Å². The molecule has 4 bridgehead atoms. The number of carbonyl (C=O) groups is 2. The number of Topliss-reactive ketones (excluding diaryl/α,β-unsaturated/α-hetero) is 2. The van der Waals surface area contributed by atoms with Crippen LogP contribution < -0.4 is 0 Å². The smallest absolute Gasteiger partial charge is 0.144 e. The van der Waals surface area contributed by atoms with E-state index in [0.717, 1.165) is 6.42 Å². The summed E-state index contributed by atoms with van der Waals surface area (Å²) in [6.07, 6.45) is 8.59. The van der Waals surface area contributed by atoms with E-state index in [-0.39, 0.29) is 29.8 Å². The Morgan fingerprint density at radius 1 is 0.833 bits per heavy atom. The van der Waals surface area contributed by atoms with Gasteiger partial charge in [0, 0.05) is 11.8 Å². The lowest BCUT2D eigenvalue weighted by atomic mass is 9.63. The maximum atomic E-state index is 12.1. The molecule has 0 aromatic carbocycles. The molecule has 6 rings (SSSR count). The van der Waals surface area contributed by atoms with Crippen LogP contribution in [0.3, 0.4) is 0 Å². The van der Waals surface area contributed by atoms with Crippen LogP contribution in [-0.4, -0.2) is 11.6 Å². The van der Waals surface area contributed by atoms with Crippen molar-refractivity contribution in [2.75, 3.05) is 0 Å². The fourth-order valence-corrected chi connectivity index (χ4v) is 5.71. The molecule has 0 radical (unpaired) electrons. The second kappa shape index (κ2) is 2.87. The normalized spacial score (nSPS) is 51.3. The van der Waals surface area contributed by atoms with Crippen LogP contribution in [0.1, 0.15) is 25.7 Å². The van der Waals surface area contributed by atoms with Crippen molar-refractivity contribution in [3.05, 3.63) is 23.3 Å². The summed E-state index contributed by atoms with van der Waals surface area (Å²) in [6, 6.07) is 0. The van der Waals surface area contributed by atoms with Crippen molar-refractivity contribution in [2.24, 2.45) is 35.5 Å². The Kier molecular flexibility index (Phi) is 1.55. The summed E-state index contributed by atoms with van der Waals surface area (Å²) in [5, 5.41) is 0. The van der Waals surface area contributed by atoms with Gasteiger partial charge in [-0.1, -0.05) is 23.3 Å². The summed E-state index contributed by atoms with van der Waals surface area (Å²) in [6.45, 7) is 0. The average Bonchev–Trinajstić information content (AvgIpc) is 3.03. The zero-order chi connectivity index (χ0) is 12.0. The maximum Gasteiger partial charge on any atom is 0.144 e. The fraction of sp³-hybridized carbons (Fsp3) is 0.625. The Morgan fingerprint density at radius 3 is 1.78 bits per heavy atom. The topological polar surface area (TPSA) is 34.1 Å². The van der Waals surface area contributed by atoms with Crippen molar-refractivity contribution in [3.8, 4) is 0 Å². The lowest BCUT2D eigenvalue weighted by molar-refractivity contribution is -0.123. The first-order valence-electron chi connectivity index (χ1n) is 7.23. The van der Waals surface area contributed by atoms with Crippen molar-refractivity contribution >= 4 is 11.6 Å². The molecule has 0 N–H and O–H groups in total. The molecule has 0 spiro atoms. The quantitative estimate of drug-likeness (QED) is 0.481. The van der Waals surface area contributed by atoms with Gasteiger partial charge in [-0.25, -0.2) is 0 Å². The highest BCUT2D eigenvalue weighted by Gasteiger charge is 2.62. The van der Waals surface area contributed by atoms with Gasteiger partial charge in [0.05, 0.1) is 6.42 Å². The highest BCUT2D eigenvalue weighted by Crippen LogP contribution is 2.65. The van der Waals surface area contributed by atoms with Crippen molar-refractivity contribution in [1.82, 2.24) is 0 Å². The molecule has 2 nitrogen and oxygen atoms in total. The number of rotatable bonds is 0. The van der Waals surface area contributed by atoms with Crippen molar-refractivity contribution < 1.29 is 9.59 Å². The average molecular weight is 240 g/mol. The molecule has 0 aromatic heterocycles. The third-order valence-electron chi connectivity index (χ3n) is 6.15. The standard InChI is InChI=1S/C16H16O2/c17-11-6-12(18)16-10-5-9(15(11)16)13-7-1-2-8(4-3-7)14(10)13/h1-2,7-10,15-16H,3-6H2/t7-,8-,9+,10+,15+,16+/m1/s1. The molecular weight excluding hydrogens is 224 g/mol. The van der Waals surface area contributed by atoms with E-state index in [2.05, 4.69) is 12.2 Å². The number of fused-ring (bicyclic) bond motifs is 6. The molecule has 2 fully saturated rings. The van der Waals surface area contributed by atoms with Gasteiger partial charge in [-0.05, 0) is 42.9 Å². The molecule has 6 aliphatic rings. The minimum absolute atomic E-state index is 0.0778. The molecule has 2 saturated carbocycles. The molecule has 18 heavy (non-hydrogen) atoms. The number of carbonyl (C=O) groups excluding carboxylic acids is 2. The minimum Gasteiger partial charge on any atom is -0.299 e. The Labute approximate surface area is 106 Å². The number of allylic oxidation sites excluding steroid dienone is 4. The van der Waals surface area contributed by atoms with Gasteiger partial charge in [-0.15, -0.1) is 0 Å². The Hall–Kier alpha value is -1.18. The number of hydrogen-bond donors (Lipinski definition) is 0. The second-order valence-electron chi connectivity index (χ2n) is 6.70. The lowest BCUT2D eigenvalue weighted by Crippen LogP contribution is -2.35. The summed E-state index contributed by atoms with van der Waals surface area (Å²) in [5.74, 6) is 2.72. The van der Waals surface area contributed by atoms with Crippen LogP contribution in [-0.2, 0) is 9.59 Å². The van der Waals surface area contributed by atoms with Gasteiger partial charge in [-0.2, -0.15) is 0 Å². The molecular formula is C16H16O2. The van der Waals surface area contributed by atoms with E-state index in [4.69, 9.17) is 0 Å². The summed E-state index contributed by atoms with van der Waals surface area (Å²) >= 11 is 0. The summed E-state index contributed by atoms with van der Waals surface area (Å²) in [4.78, 5) is 24.2. The number of ketones is 2. The first-order valence-corrected chi connectivity index (χ1v) is 7.23. The molecule has 92 valence electrons. The van der Waals surface area contributed by atoms with Gasteiger partial charge in [0.15, 0.2) is 0 Å². The zero-order valence-corrected chi connectivity index (χ0v) is 10.3. The summed E-state index contributed by atoms with van der Waals surface area (Å²) < 4.78 is 0. The summed E-state index contributed by atoms with van der Waals surface area (Å²) in [7, 11) is 0. The van der Waals surface area contributed by atoms with Crippen LogP contribution >= 0.6 is 0 Å². The van der Waals surface area contributed by atoms with Gasteiger partial charge in [0.2, 0.25) is 0 Å². The monoisotopic (exact) mass is 240 g/mol. The van der Waals surface area contributed by atoms with Crippen LogP contribution in [0.5, 0.6) is 0 Å².